The van der Waals surface area contributed by atoms with Crippen LogP contribution >= 0.6 is 0 Å². The summed E-state index contributed by atoms with van der Waals surface area (Å²) in [5.74, 6) is 5.01. The van der Waals surface area contributed by atoms with Gasteiger partial charge in [0.2, 0.25) is 0 Å². The number of aromatic nitrogens is 2. The van der Waals surface area contributed by atoms with Crippen LogP contribution in [0.4, 0.5) is 5.82 Å². The van der Waals surface area contributed by atoms with Crippen molar-refractivity contribution in [2.24, 2.45) is 12.9 Å². The molecule has 1 rings (SSSR count). The van der Waals surface area contributed by atoms with Crippen LogP contribution in [-0.4, -0.2) is 16.8 Å². The average molecular weight is 260 g/mol. The molecule has 0 fully saturated rings. The second kappa shape index (κ2) is 11.6. The fraction of sp³-hybridized carbons (Fsp3) is 0.273. The van der Waals surface area contributed by atoms with Crippen molar-refractivity contribution in [2.45, 2.75) is 6.92 Å². The molecule has 1 aromatic heterocycles. The maximum Gasteiger partial charge on any atom is 0.139 e. The van der Waals surface area contributed by atoms with Crippen molar-refractivity contribution in [3.8, 4) is 18.2 Å². The molecular weight excluding hydrogens is 244 g/mol. The van der Waals surface area contributed by atoms with Crippen molar-refractivity contribution in [1.82, 2.24) is 15.2 Å². The smallest absolute Gasteiger partial charge is 0.139 e. The number of nitriles is 3. The van der Waals surface area contributed by atoms with Crippen LogP contribution in [0.1, 0.15) is 12.5 Å². The van der Waals surface area contributed by atoms with Crippen LogP contribution in [0.15, 0.2) is 17.8 Å². The Hall–Kier alpha value is -2.86. The Morgan fingerprint density at radius 2 is 1.89 bits per heavy atom. The monoisotopic (exact) mass is 260 g/mol. The summed E-state index contributed by atoms with van der Waals surface area (Å²) in [6, 6.07) is 5.31. The summed E-state index contributed by atoms with van der Waals surface area (Å²) in [5.41, 5.74) is 8.24. The summed E-state index contributed by atoms with van der Waals surface area (Å²) in [4.78, 5) is 0. The van der Waals surface area contributed by atoms with E-state index in [9.17, 15) is 0 Å². The predicted octanol–water partition coefficient (Wildman–Crippen LogP) is -0.0667. The molecule has 0 aliphatic carbocycles. The van der Waals surface area contributed by atoms with E-state index in [1.54, 1.807) is 33.2 Å². The molecule has 8 heteroatoms. The number of nitrogens with two attached hydrogens (primary N) is 2. The molecule has 0 bridgehead atoms. The lowest BCUT2D eigenvalue weighted by Gasteiger charge is -1.89. The molecule has 1 aromatic rings. The molecule has 8 nitrogen and oxygen atoms in total. The largest absolute Gasteiger partial charge is 0.383 e. The van der Waals surface area contributed by atoms with E-state index < -0.39 is 0 Å². The van der Waals surface area contributed by atoms with Gasteiger partial charge in [-0.15, -0.1) is 0 Å². The number of anilines is 1. The van der Waals surface area contributed by atoms with E-state index in [-0.39, 0.29) is 5.57 Å². The van der Waals surface area contributed by atoms with Gasteiger partial charge in [0, 0.05) is 7.05 Å². The van der Waals surface area contributed by atoms with Crippen molar-refractivity contribution in [3.63, 3.8) is 0 Å². The summed E-state index contributed by atoms with van der Waals surface area (Å²) in [7, 11) is 3.34. The van der Waals surface area contributed by atoms with Crippen LogP contribution in [-0.2, 0) is 7.05 Å². The Morgan fingerprint density at radius 1 is 1.42 bits per heavy atom. The molecule has 1 heterocycles. The molecule has 0 aliphatic heterocycles. The zero-order chi connectivity index (χ0) is 15.3. The van der Waals surface area contributed by atoms with Gasteiger partial charge in [-0.05, 0) is 14.0 Å². The number of nitrogen functional groups attached to an aromatic ring is 1. The highest BCUT2D eigenvalue weighted by molar-refractivity contribution is 5.46. The van der Waals surface area contributed by atoms with E-state index in [0.29, 0.717) is 11.4 Å². The van der Waals surface area contributed by atoms with Crippen LogP contribution in [0.5, 0.6) is 0 Å². The van der Waals surface area contributed by atoms with Gasteiger partial charge in [-0.2, -0.15) is 20.9 Å². The molecule has 0 saturated carbocycles. The normalized spacial score (nSPS) is 7.21. The Kier molecular flexibility index (Phi) is 11.3. The molecule has 0 aliphatic rings. The minimum Gasteiger partial charge on any atom is -0.383 e. The molecule has 100 valence electrons. The minimum atomic E-state index is 0.167. The highest BCUT2D eigenvalue weighted by Crippen LogP contribution is 2.05. The zero-order valence-corrected chi connectivity index (χ0v) is 11.0. The highest BCUT2D eigenvalue weighted by Gasteiger charge is 2.00. The van der Waals surface area contributed by atoms with Crippen LogP contribution in [0.2, 0.25) is 0 Å². The van der Waals surface area contributed by atoms with E-state index in [1.807, 2.05) is 6.07 Å². The van der Waals surface area contributed by atoms with Gasteiger partial charge in [0.25, 0.3) is 0 Å². The number of hydrogen-bond donors (Lipinski definition) is 3. The van der Waals surface area contributed by atoms with E-state index in [4.69, 9.17) is 21.5 Å². The van der Waals surface area contributed by atoms with Gasteiger partial charge in [-0.1, -0.05) is 6.08 Å². The molecule has 0 amide bonds. The predicted molar refractivity (Wildman–Crippen MR) is 70.6 cm³/mol. The minimum absolute atomic E-state index is 0.167. The van der Waals surface area contributed by atoms with Crippen molar-refractivity contribution in [3.05, 3.63) is 23.4 Å². The van der Waals surface area contributed by atoms with Crippen molar-refractivity contribution in [1.29, 1.82) is 15.8 Å². The van der Waals surface area contributed by atoms with Gasteiger partial charge >= 0.3 is 0 Å². The maximum absolute atomic E-state index is 8.35. The summed E-state index contributed by atoms with van der Waals surface area (Å²) in [6.07, 6.45) is 2.91. The maximum atomic E-state index is 8.35. The second-order valence-corrected chi connectivity index (χ2v) is 2.89. The van der Waals surface area contributed by atoms with Crippen LogP contribution in [0, 0.1) is 34.0 Å². The number of nitrogens with one attached hydrogen (secondary N) is 1. The summed E-state index contributed by atoms with van der Waals surface area (Å²) in [5, 5.41) is 28.1. The van der Waals surface area contributed by atoms with Crippen LogP contribution in [0.25, 0.3) is 0 Å². The Labute approximate surface area is 112 Å². The molecular formula is C11H16N8. The fourth-order valence-electron chi connectivity index (χ4n) is 0.687. The highest BCUT2D eigenvalue weighted by atomic mass is 15.3. The first-order valence-electron chi connectivity index (χ1n) is 5.03. The van der Waals surface area contributed by atoms with Crippen molar-refractivity contribution in [2.75, 3.05) is 12.8 Å². The van der Waals surface area contributed by atoms with Gasteiger partial charge in [0.1, 0.15) is 35.2 Å². The number of allylic oxidation sites excluding steroid dienone is 2. The van der Waals surface area contributed by atoms with Gasteiger partial charge < -0.3 is 5.73 Å². The Balaban J connectivity index is 0. The number of rotatable bonds is 0. The molecule has 19 heavy (non-hydrogen) atoms. The van der Waals surface area contributed by atoms with Gasteiger partial charge in [0.05, 0.1) is 6.20 Å². The number of hydrazine groups is 1. The quantitative estimate of drug-likeness (QED) is 0.335. The summed E-state index contributed by atoms with van der Waals surface area (Å²) in [6.45, 7) is 1.65. The van der Waals surface area contributed by atoms with Crippen LogP contribution in [0.3, 0.4) is 0 Å². The lowest BCUT2D eigenvalue weighted by atomic mass is 10.3. The third-order valence-corrected chi connectivity index (χ3v) is 1.63. The van der Waals surface area contributed by atoms with E-state index in [0.717, 1.165) is 0 Å². The fourth-order valence-corrected chi connectivity index (χ4v) is 0.687. The molecule has 0 spiro atoms. The third-order valence-electron chi connectivity index (χ3n) is 1.63. The van der Waals surface area contributed by atoms with Gasteiger partial charge in [-0.3, -0.25) is 16.0 Å². The first kappa shape index (κ1) is 18.5. The molecule has 5 N–H and O–H groups in total. The van der Waals surface area contributed by atoms with Crippen LogP contribution < -0.4 is 17.0 Å². The van der Waals surface area contributed by atoms with Gasteiger partial charge in [0.15, 0.2) is 0 Å². The molecule has 0 saturated heterocycles. The van der Waals surface area contributed by atoms with Crippen molar-refractivity contribution >= 4 is 5.82 Å². The standard InChI is InChI=1S/C5H6N4.C5H4N2.CH6N2/c1-9-5(7)4(2-6)3-8-9;1-2-5(3-6)4-7;1-3-2/h3H,7H2,1H3;2H,1H3;3H,2H2,1H3. The molecule has 0 atom stereocenters. The Morgan fingerprint density at radius 3 is 2.00 bits per heavy atom. The first-order valence-corrected chi connectivity index (χ1v) is 5.03. The molecule has 0 unspecified atom stereocenters. The van der Waals surface area contributed by atoms with Crippen molar-refractivity contribution < 1.29 is 0 Å². The summed E-state index contributed by atoms with van der Waals surface area (Å²) >= 11 is 0. The Bertz CT molecular complexity index is 504. The third kappa shape index (κ3) is 7.94. The summed E-state index contributed by atoms with van der Waals surface area (Å²) < 4.78 is 1.46. The number of aryl methyl sites for hydroxylation is 1. The topological polar surface area (TPSA) is 153 Å². The molecule has 0 radical (unpaired) electrons. The lowest BCUT2D eigenvalue weighted by Crippen LogP contribution is -2.13. The van der Waals surface area contributed by atoms with E-state index in [2.05, 4.69) is 16.4 Å². The lowest BCUT2D eigenvalue weighted by molar-refractivity contribution is 0.779. The number of hydrogen-bond acceptors (Lipinski definition) is 7. The SMILES string of the molecule is CC=C(C#N)C#N.CNN.Cn1ncc(C#N)c1N. The average Bonchev–Trinajstić information content (AvgIpc) is 2.73. The second-order valence-electron chi connectivity index (χ2n) is 2.89. The molecule has 0 aromatic carbocycles. The van der Waals surface area contributed by atoms with Gasteiger partial charge in [-0.25, -0.2) is 0 Å². The van der Waals surface area contributed by atoms with E-state index in [1.165, 1.54) is 17.0 Å². The van der Waals surface area contributed by atoms with E-state index >= 15 is 0 Å². The number of nitrogens with zero attached hydrogens (tertiary/aromatic N) is 5. The first-order chi connectivity index (χ1) is 9.01. The zero-order valence-electron chi connectivity index (χ0n) is 11.0.